The van der Waals surface area contributed by atoms with Gasteiger partial charge in [-0.05, 0) is 34.9 Å². The third-order valence-corrected chi connectivity index (χ3v) is 13.0. The molecule has 0 saturated heterocycles. The molecular formula is C57H35N3OS. The molecule has 0 saturated carbocycles. The number of furan rings is 1. The zero-order chi connectivity index (χ0) is 41.0. The van der Waals surface area contributed by atoms with E-state index in [1.807, 2.05) is 53.8 Å². The second-order valence-electron chi connectivity index (χ2n) is 15.5. The lowest BCUT2D eigenvalue weighted by atomic mass is 9.93. The fraction of sp³-hybridized carbons (Fsp3) is 0. The Kier molecular flexibility index (Phi) is 8.65. The summed E-state index contributed by atoms with van der Waals surface area (Å²) in [4.78, 5) is 16.6. The Morgan fingerprint density at radius 3 is 1.61 bits per heavy atom. The Balaban J connectivity index is 0.991. The summed E-state index contributed by atoms with van der Waals surface area (Å²) in [6, 6.07) is 74.2. The molecule has 4 heterocycles. The van der Waals surface area contributed by atoms with Gasteiger partial charge in [-0.25, -0.2) is 15.0 Å². The van der Waals surface area contributed by atoms with Gasteiger partial charge in [0.1, 0.15) is 11.2 Å². The SMILES string of the molecule is c1ccc(-c2cc(-c3ccc(-c4ccc(-c5sc6c(c(-c7ccccc7)nc7ccccc76)c5-c5cccc6c5oc5ccccc56)cc4)cc3)nc(-c3ccccc3)n2)cc1. The number of hydrogen-bond donors (Lipinski definition) is 0. The molecule has 0 aliphatic carbocycles. The number of benzene rings is 8. The molecule has 290 valence electrons. The number of thiophene rings is 1. The Morgan fingerprint density at radius 1 is 0.387 bits per heavy atom. The van der Waals surface area contributed by atoms with Crippen LogP contribution in [0.3, 0.4) is 0 Å². The van der Waals surface area contributed by atoms with Crippen molar-refractivity contribution >= 4 is 54.3 Å². The van der Waals surface area contributed by atoms with Gasteiger partial charge in [0, 0.05) is 64.5 Å². The molecule has 12 aromatic rings. The summed E-state index contributed by atoms with van der Waals surface area (Å²) in [6.45, 7) is 0. The molecule has 62 heavy (non-hydrogen) atoms. The first kappa shape index (κ1) is 35.9. The number of aromatic nitrogens is 3. The molecule has 0 fully saturated rings. The number of para-hydroxylation sites is 3. The van der Waals surface area contributed by atoms with Gasteiger partial charge in [0.25, 0.3) is 0 Å². The predicted octanol–water partition coefficient (Wildman–Crippen LogP) is 15.8. The van der Waals surface area contributed by atoms with Crippen LogP contribution < -0.4 is 0 Å². The second-order valence-corrected chi connectivity index (χ2v) is 16.5. The van der Waals surface area contributed by atoms with Crippen molar-refractivity contribution < 1.29 is 4.42 Å². The van der Waals surface area contributed by atoms with Crippen molar-refractivity contribution in [3.63, 3.8) is 0 Å². The highest BCUT2D eigenvalue weighted by atomic mass is 32.1. The van der Waals surface area contributed by atoms with E-state index in [9.17, 15) is 0 Å². The van der Waals surface area contributed by atoms with Crippen LogP contribution in [0, 0.1) is 0 Å². The molecule has 0 bridgehead atoms. The lowest BCUT2D eigenvalue weighted by molar-refractivity contribution is 0.670. The van der Waals surface area contributed by atoms with Crippen molar-refractivity contribution in [1.82, 2.24) is 15.0 Å². The van der Waals surface area contributed by atoms with E-state index in [2.05, 4.69) is 170 Å². The number of fused-ring (bicyclic) bond motifs is 6. The van der Waals surface area contributed by atoms with Gasteiger partial charge in [0.2, 0.25) is 0 Å². The van der Waals surface area contributed by atoms with Crippen LogP contribution in [0.25, 0.3) is 121 Å². The van der Waals surface area contributed by atoms with Crippen molar-refractivity contribution in [2.45, 2.75) is 0 Å². The molecule has 5 heteroatoms. The molecule has 0 radical (unpaired) electrons. The summed E-state index contributed by atoms with van der Waals surface area (Å²) in [5.41, 5.74) is 15.3. The zero-order valence-corrected chi connectivity index (χ0v) is 34.2. The average Bonchev–Trinajstić information content (AvgIpc) is 3.95. The topological polar surface area (TPSA) is 51.8 Å². The molecule has 0 spiro atoms. The van der Waals surface area contributed by atoms with Crippen molar-refractivity contribution in [3.8, 4) is 77.9 Å². The second kappa shape index (κ2) is 14.9. The standard InChI is InChI=1S/C57H35N3OS/c1-4-15-38(16-5-1)48-35-49(60-57(59-48)42-19-8-3-9-20-42)39-31-27-36(28-32-39)37-29-33-41(34-30-37)55-51(46-24-14-23-44-43-21-11-13-26-50(43)61-54(44)46)52-53(40-17-6-2-7-18-40)58-47-25-12-10-22-45(47)56(52)62-55/h1-35H. The van der Waals surface area contributed by atoms with Crippen LogP contribution in [0.4, 0.5) is 0 Å². The van der Waals surface area contributed by atoms with E-state index >= 15 is 0 Å². The van der Waals surface area contributed by atoms with E-state index in [0.29, 0.717) is 5.82 Å². The Morgan fingerprint density at radius 2 is 0.919 bits per heavy atom. The van der Waals surface area contributed by atoms with E-state index in [1.54, 1.807) is 0 Å². The molecule has 0 atom stereocenters. The highest BCUT2D eigenvalue weighted by molar-refractivity contribution is 7.24. The van der Waals surface area contributed by atoms with Crippen molar-refractivity contribution in [2.75, 3.05) is 0 Å². The Bertz CT molecular complexity index is 3540. The summed E-state index contributed by atoms with van der Waals surface area (Å²) in [5, 5.41) is 4.49. The van der Waals surface area contributed by atoms with Crippen LogP contribution in [0.15, 0.2) is 217 Å². The van der Waals surface area contributed by atoms with Crippen molar-refractivity contribution in [2.24, 2.45) is 0 Å². The predicted molar refractivity (Wildman–Crippen MR) is 258 cm³/mol. The van der Waals surface area contributed by atoms with Gasteiger partial charge < -0.3 is 4.42 Å². The quantitative estimate of drug-likeness (QED) is 0.161. The van der Waals surface area contributed by atoms with E-state index in [1.165, 1.54) is 9.58 Å². The molecule has 0 aliphatic rings. The average molecular weight is 810 g/mol. The minimum atomic E-state index is 0.707. The van der Waals surface area contributed by atoms with E-state index in [0.717, 1.165) is 105 Å². The van der Waals surface area contributed by atoms with Crippen LogP contribution >= 0.6 is 11.3 Å². The fourth-order valence-electron chi connectivity index (χ4n) is 8.71. The highest BCUT2D eigenvalue weighted by Gasteiger charge is 2.25. The molecule has 0 N–H and O–H groups in total. The summed E-state index contributed by atoms with van der Waals surface area (Å²) < 4.78 is 7.94. The van der Waals surface area contributed by atoms with Gasteiger partial charge in [-0.15, -0.1) is 11.3 Å². The van der Waals surface area contributed by atoms with Gasteiger partial charge in [0.05, 0.1) is 22.6 Å². The lowest BCUT2D eigenvalue weighted by Gasteiger charge is -2.12. The van der Waals surface area contributed by atoms with Gasteiger partial charge >= 0.3 is 0 Å². The molecule has 8 aromatic carbocycles. The number of pyridine rings is 1. The molecule has 0 amide bonds. The normalized spacial score (nSPS) is 11.5. The maximum Gasteiger partial charge on any atom is 0.160 e. The Hall–Kier alpha value is -7.99. The maximum absolute atomic E-state index is 6.73. The van der Waals surface area contributed by atoms with Gasteiger partial charge in [-0.3, -0.25) is 0 Å². The van der Waals surface area contributed by atoms with E-state index < -0.39 is 0 Å². The monoisotopic (exact) mass is 809 g/mol. The van der Waals surface area contributed by atoms with Crippen LogP contribution in [0.1, 0.15) is 0 Å². The third kappa shape index (κ3) is 6.18. The molecular weight excluding hydrogens is 775 g/mol. The fourth-order valence-corrected chi connectivity index (χ4v) is 10.1. The highest BCUT2D eigenvalue weighted by Crippen LogP contribution is 2.52. The third-order valence-electron chi connectivity index (χ3n) is 11.7. The molecule has 4 aromatic heterocycles. The lowest BCUT2D eigenvalue weighted by Crippen LogP contribution is -1.95. The number of rotatable bonds is 7. The first-order chi connectivity index (χ1) is 30.7. The van der Waals surface area contributed by atoms with E-state index in [4.69, 9.17) is 19.4 Å². The molecule has 0 aliphatic heterocycles. The van der Waals surface area contributed by atoms with Crippen LogP contribution in [0.2, 0.25) is 0 Å². The number of nitrogens with zero attached hydrogens (tertiary/aromatic N) is 3. The number of hydrogen-bond acceptors (Lipinski definition) is 5. The maximum atomic E-state index is 6.73. The van der Waals surface area contributed by atoms with Crippen molar-refractivity contribution in [3.05, 3.63) is 212 Å². The van der Waals surface area contributed by atoms with Gasteiger partial charge in [0.15, 0.2) is 5.82 Å². The minimum absolute atomic E-state index is 0.707. The largest absolute Gasteiger partial charge is 0.455 e. The minimum Gasteiger partial charge on any atom is -0.455 e. The van der Waals surface area contributed by atoms with Crippen LogP contribution in [-0.4, -0.2) is 15.0 Å². The van der Waals surface area contributed by atoms with Gasteiger partial charge in [-0.1, -0.05) is 194 Å². The zero-order valence-electron chi connectivity index (χ0n) is 33.4. The van der Waals surface area contributed by atoms with Crippen LogP contribution in [-0.2, 0) is 0 Å². The summed E-state index contributed by atoms with van der Waals surface area (Å²) in [6.07, 6.45) is 0. The smallest absolute Gasteiger partial charge is 0.160 e. The first-order valence-corrected chi connectivity index (χ1v) is 21.6. The summed E-state index contributed by atoms with van der Waals surface area (Å²) in [5.74, 6) is 0.707. The summed E-state index contributed by atoms with van der Waals surface area (Å²) in [7, 11) is 0. The summed E-state index contributed by atoms with van der Waals surface area (Å²) >= 11 is 1.83. The Labute approximate surface area is 362 Å². The molecule has 12 rings (SSSR count). The molecule has 4 nitrogen and oxygen atoms in total. The first-order valence-electron chi connectivity index (χ1n) is 20.8. The molecule has 0 unspecified atom stereocenters. The van der Waals surface area contributed by atoms with Crippen molar-refractivity contribution in [1.29, 1.82) is 0 Å². The van der Waals surface area contributed by atoms with Crippen LogP contribution in [0.5, 0.6) is 0 Å². The van der Waals surface area contributed by atoms with Gasteiger partial charge in [-0.2, -0.15) is 0 Å². The van der Waals surface area contributed by atoms with E-state index in [-0.39, 0.29) is 0 Å².